The number of aryl methyl sites for hydroxylation is 1. The third kappa shape index (κ3) is 2.59. The van der Waals surface area contributed by atoms with Crippen LogP contribution in [0.5, 0.6) is 0 Å². The zero-order valence-corrected chi connectivity index (χ0v) is 12.8. The Morgan fingerprint density at radius 3 is 2.55 bits per heavy atom. The molecule has 0 bridgehead atoms. The fourth-order valence-corrected chi connectivity index (χ4v) is 3.83. The van der Waals surface area contributed by atoms with Gasteiger partial charge in [-0.2, -0.15) is 0 Å². The van der Waals surface area contributed by atoms with Crippen molar-refractivity contribution in [2.24, 2.45) is 23.7 Å². The van der Waals surface area contributed by atoms with Crippen LogP contribution in [0.1, 0.15) is 17.5 Å². The highest BCUT2D eigenvalue weighted by Crippen LogP contribution is 2.61. The van der Waals surface area contributed by atoms with Gasteiger partial charge in [-0.15, -0.1) is 0 Å². The van der Waals surface area contributed by atoms with Crippen LogP contribution in [0.3, 0.4) is 0 Å². The van der Waals surface area contributed by atoms with Crippen molar-refractivity contribution < 1.29 is 24.5 Å². The maximum atomic E-state index is 11.4. The molecule has 6 heteroatoms. The monoisotopic (exact) mass is 324 g/mol. The van der Waals surface area contributed by atoms with Gasteiger partial charge in [0.05, 0.1) is 24.5 Å². The fraction of sp³-hybridized carbons (Fsp3) is 0.500. The molecule has 2 N–H and O–H groups in total. The van der Waals surface area contributed by atoms with Crippen molar-refractivity contribution in [2.75, 3.05) is 0 Å². The van der Waals surface area contributed by atoms with Gasteiger partial charge in [0, 0.05) is 5.02 Å². The summed E-state index contributed by atoms with van der Waals surface area (Å²) in [6, 6.07) is 5.59. The summed E-state index contributed by atoms with van der Waals surface area (Å²) < 4.78 is 5.75. The van der Waals surface area contributed by atoms with E-state index in [9.17, 15) is 14.7 Å². The first-order chi connectivity index (χ1) is 10.4. The van der Waals surface area contributed by atoms with Gasteiger partial charge in [-0.3, -0.25) is 9.59 Å². The van der Waals surface area contributed by atoms with Crippen LogP contribution in [-0.4, -0.2) is 28.3 Å². The Morgan fingerprint density at radius 2 is 1.95 bits per heavy atom. The molecule has 5 nitrogen and oxygen atoms in total. The van der Waals surface area contributed by atoms with Crippen LogP contribution in [0.2, 0.25) is 5.02 Å². The highest BCUT2D eigenvalue weighted by Gasteiger charge is 2.67. The number of fused-ring (bicyclic) bond motifs is 1. The summed E-state index contributed by atoms with van der Waals surface area (Å²) in [5.74, 6) is -3.47. The molecule has 0 radical (unpaired) electrons. The molecule has 5 unspecified atom stereocenters. The lowest BCUT2D eigenvalue weighted by Crippen LogP contribution is -2.31. The molecule has 3 rings (SSSR count). The zero-order chi connectivity index (χ0) is 16.0. The number of halogens is 1. The van der Waals surface area contributed by atoms with Crippen molar-refractivity contribution >= 4 is 23.5 Å². The second-order valence-electron chi connectivity index (χ2n) is 6.14. The summed E-state index contributed by atoms with van der Waals surface area (Å²) in [5.41, 5.74) is 1.86. The lowest BCUT2D eigenvalue weighted by atomic mass is 9.97. The summed E-state index contributed by atoms with van der Waals surface area (Å²) in [5, 5.41) is 19.1. The molecule has 0 heterocycles. The Bertz CT molecular complexity index is 629. The summed E-state index contributed by atoms with van der Waals surface area (Å²) in [6.07, 6.45) is 0.0706. The van der Waals surface area contributed by atoms with E-state index in [4.69, 9.17) is 21.4 Å². The Hall–Kier alpha value is -1.59. The summed E-state index contributed by atoms with van der Waals surface area (Å²) in [4.78, 5) is 22.5. The molecular weight excluding hydrogens is 308 g/mol. The summed E-state index contributed by atoms with van der Waals surface area (Å²) in [7, 11) is 0. The predicted molar refractivity (Wildman–Crippen MR) is 78.6 cm³/mol. The van der Waals surface area contributed by atoms with E-state index >= 15 is 0 Å². The van der Waals surface area contributed by atoms with E-state index in [-0.39, 0.29) is 18.4 Å². The van der Waals surface area contributed by atoms with E-state index in [2.05, 4.69) is 0 Å². The average molecular weight is 325 g/mol. The number of carboxylic acid groups (broad SMARTS) is 2. The number of carboxylic acids is 2. The molecule has 5 atom stereocenters. The molecule has 2 aliphatic rings. The van der Waals surface area contributed by atoms with E-state index in [0.717, 1.165) is 11.1 Å². The van der Waals surface area contributed by atoms with Crippen LogP contribution < -0.4 is 0 Å². The van der Waals surface area contributed by atoms with Gasteiger partial charge in [-0.05, 0) is 42.4 Å². The minimum absolute atomic E-state index is 0.0646. The number of rotatable bonds is 5. The van der Waals surface area contributed by atoms with Crippen LogP contribution in [0.4, 0.5) is 0 Å². The quantitative estimate of drug-likeness (QED) is 0.869. The van der Waals surface area contributed by atoms with Crippen molar-refractivity contribution in [2.45, 2.75) is 26.1 Å². The second-order valence-corrected chi connectivity index (χ2v) is 6.55. The first-order valence-electron chi connectivity index (χ1n) is 7.22. The lowest BCUT2D eigenvalue weighted by Gasteiger charge is -2.21. The molecule has 2 fully saturated rings. The normalized spacial score (nSPS) is 32.5. The van der Waals surface area contributed by atoms with E-state index < -0.39 is 29.9 Å². The molecule has 1 aromatic carbocycles. The summed E-state index contributed by atoms with van der Waals surface area (Å²) in [6.45, 7) is 2.19. The van der Waals surface area contributed by atoms with Crippen LogP contribution in [0.15, 0.2) is 18.2 Å². The minimum atomic E-state index is -0.969. The molecule has 2 aliphatic carbocycles. The van der Waals surface area contributed by atoms with Crippen LogP contribution in [-0.2, 0) is 20.9 Å². The van der Waals surface area contributed by atoms with Gasteiger partial charge in [0.15, 0.2) is 0 Å². The fourth-order valence-electron chi connectivity index (χ4n) is 3.63. The van der Waals surface area contributed by atoms with Crippen molar-refractivity contribution in [3.8, 4) is 0 Å². The summed E-state index contributed by atoms with van der Waals surface area (Å²) >= 11 is 6.06. The molecule has 118 valence electrons. The van der Waals surface area contributed by atoms with E-state index in [1.807, 2.05) is 25.1 Å². The van der Waals surface area contributed by atoms with Gasteiger partial charge < -0.3 is 14.9 Å². The van der Waals surface area contributed by atoms with Gasteiger partial charge >= 0.3 is 11.9 Å². The maximum Gasteiger partial charge on any atom is 0.309 e. The molecule has 0 spiro atoms. The Labute approximate surface area is 132 Å². The average Bonchev–Trinajstić information content (AvgIpc) is 3.01. The first kappa shape index (κ1) is 15.3. The smallest absolute Gasteiger partial charge is 0.309 e. The van der Waals surface area contributed by atoms with Gasteiger partial charge in [-0.1, -0.05) is 23.7 Å². The number of benzene rings is 1. The SMILES string of the molecule is Cc1ccc(COC2CC3C(C(=O)O)C3C2C(=O)O)cc1Cl. The first-order valence-corrected chi connectivity index (χ1v) is 7.60. The molecule has 0 amide bonds. The molecule has 0 saturated heterocycles. The van der Waals surface area contributed by atoms with Crippen molar-refractivity contribution in [1.82, 2.24) is 0 Å². The topological polar surface area (TPSA) is 83.8 Å². The van der Waals surface area contributed by atoms with Gasteiger partial charge in [0.2, 0.25) is 0 Å². The highest BCUT2D eigenvalue weighted by atomic mass is 35.5. The largest absolute Gasteiger partial charge is 0.481 e. The van der Waals surface area contributed by atoms with Crippen LogP contribution in [0, 0.1) is 30.6 Å². The van der Waals surface area contributed by atoms with Gasteiger partial charge in [-0.25, -0.2) is 0 Å². The third-order valence-corrected chi connectivity index (χ3v) is 5.23. The molecule has 22 heavy (non-hydrogen) atoms. The highest BCUT2D eigenvalue weighted by molar-refractivity contribution is 6.31. The van der Waals surface area contributed by atoms with E-state index in [0.29, 0.717) is 11.4 Å². The number of carbonyl (C=O) groups is 2. The molecule has 0 aromatic heterocycles. The Kier molecular flexibility index (Phi) is 3.87. The van der Waals surface area contributed by atoms with Gasteiger partial charge in [0.1, 0.15) is 0 Å². The molecule has 1 aromatic rings. The zero-order valence-electron chi connectivity index (χ0n) is 12.0. The number of ether oxygens (including phenoxy) is 1. The molecule has 0 aliphatic heterocycles. The number of aliphatic carboxylic acids is 2. The van der Waals surface area contributed by atoms with Crippen LogP contribution >= 0.6 is 11.6 Å². The van der Waals surface area contributed by atoms with Gasteiger partial charge in [0.25, 0.3) is 0 Å². The van der Waals surface area contributed by atoms with Crippen LogP contribution in [0.25, 0.3) is 0 Å². The predicted octanol–water partition coefficient (Wildman–Crippen LogP) is 2.58. The lowest BCUT2D eigenvalue weighted by molar-refractivity contribution is -0.149. The van der Waals surface area contributed by atoms with Crippen molar-refractivity contribution in [3.05, 3.63) is 34.3 Å². The van der Waals surface area contributed by atoms with Crippen molar-refractivity contribution in [3.63, 3.8) is 0 Å². The standard InChI is InChI=1S/C16H17ClO5/c1-7-2-3-8(4-10(7)17)6-22-11-5-9-12(13(9)15(18)19)14(11)16(20)21/h2-4,9,11-14H,5-6H2,1H3,(H,18,19)(H,20,21). The third-order valence-electron chi connectivity index (χ3n) is 4.82. The molecule has 2 saturated carbocycles. The second kappa shape index (κ2) is 5.56. The van der Waals surface area contributed by atoms with E-state index in [1.54, 1.807) is 0 Å². The minimum Gasteiger partial charge on any atom is -0.481 e. The van der Waals surface area contributed by atoms with Crippen molar-refractivity contribution in [1.29, 1.82) is 0 Å². The molecular formula is C16H17ClO5. The Morgan fingerprint density at radius 1 is 1.27 bits per heavy atom. The number of hydrogen-bond donors (Lipinski definition) is 2. The Balaban J connectivity index is 1.65. The number of hydrogen-bond acceptors (Lipinski definition) is 3. The van der Waals surface area contributed by atoms with E-state index in [1.165, 1.54) is 0 Å². The maximum absolute atomic E-state index is 11.4.